The average molecular weight is 254 g/mol. The number of nitrogens with one attached hydrogen (secondary N) is 1. The zero-order valence-electron chi connectivity index (χ0n) is 8.85. The van der Waals surface area contributed by atoms with Crippen molar-refractivity contribution in [2.24, 2.45) is 0 Å². The third kappa shape index (κ3) is 2.71. The molecule has 0 saturated heterocycles. The smallest absolute Gasteiger partial charge is 0.130 e. The van der Waals surface area contributed by atoms with Crippen molar-refractivity contribution in [3.63, 3.8) is 0 Å². The number of benzene rings is 1. The van der Waals surface area contributed by atoms with Crippen LogP contribution in [0.25, 0.3) is 0 Å². The van der Waals surface area contributed by atoms with E-state index in [0.29, 0.717) is 0 Å². The van der Waals surface area contributed by atoms with Gasteiger partial charge in [0, 0.05) is 16.6 Å². The first-order chi connectivity index (χ1) is 7.79. The van der Waals surface area contributed by atoms with E-state index in [1.807, 2.05) is 24.3 Å². The molecular formula is C11H12ClN3S. The van der Waals surface area contributed by atoms with E-state index in [-0.39, 0.29) is 6.04 Å². The third-order valence-corrected chi connectivity index (χ3v) is 3.21. The molecule has 3 nitrogen and oxygen atoms in total. The second-order valence-corrected chi connectivity index (χ2v) is 4.66. The van der Waals surface area contributed by atoms with Crippen LogP contribution in [0.3, 0.4) is 0 Å². The van der Waals surface area contributed by atoms with Crippen LogP contribution in [-0.2, 0) is 0 Å². The van der Waals surface area contributed by atoms with Gasteiger partial charge in [-0.1, -0.05) is 35.1 Å². The first kappa shape index (κ1) is 11.4. The molecule has 0 spiro atoms. The van der Waals surface area contributed by atoms with Crippen molar-refractivity contribution in [1.29, 1.82) is 0 Å². The van der Waals surface area contributed by atoms with Crippen molar-refractivity contribution in [2.45, 2.75) is 19.4 Å². The summed E-state index contributed by atoms with van der Waals surface area (Å²) in [5.74, 6) is 0. The Hall–Kier alpha value is -1.13. The average Bonchev–Trinajstić information content (AvgIpc) is 2.80. The van der Waals surface area contributed by atoms with E-state index in [9.17, 15) is 0 Å². The van der Waals surface area contributed by atoms with Gasteiger partial charge in [0.2, 0.25) is 0 Å². The van der Waals surface area contributed by atoms with Crippen LogP contribution in [0.15, 0.2) is 30.5 Å². The number of hydrogen-bond acceptors (Lipinski definition) is 4. The van der Waals surface area contributed by atoms with E-state index in [2.05, 4.69) is 21.8 Å². The van der Waals surface area contributed by atoms with Gasteiger partial charge in [-0.2, -0.15) is 0 Å². The summed E-state index contributed by atoms with van der Waals surface area (Å²) in [5, 5.41) is 8.95. The van der Waals surface area contributed by atoms with Gasteiger partial charge in [0.1, 0.15) is 5.00 Å². The molecule has 16 heavy (non-hydrogen) atoms. The van der Waals surface area contributed by atoms with Gasteiger partial charge in [-0.05, 0) is 24.1 Å². The predicted molar refractivity (Wildman–Crippen MR) is 68.0 cm³/mol. The first-order valence-electron chi connectivity index (χ1n) is 5.09. The molecule has 0 aliphatic heterocycles. The lowest BCUT2D eigenvalue weighted by atomic mass is 10.1. The molecule has 1 aromatic carbocycles. The highest BCUT2D eigenvalue weighted by Crippen LogP contribution is 2.24. The molecule has 5 heteroatoms. The monoisotopic (exact) mass is 253 g/mol. The van der Waals surface area contributed by atoms with Crippen LogP contribution in [0.4, 0.5) is 5.00 Å². The second-order valence-electron chi connectivity index (χ2n) is 3.44. The fraction of sp³-hybridized carbons (Fsp3) is 0.273. The molecule has 1 N–H and O–H groups in total. The van der Waals surface area contributed by atoms with Gasteiger partial charge in [0.25, 0.3) is 0 Å². The van der Waals surface area contributed by atoms with Crippen LogP contribution < -0.4 is 5.32 Å². The normalized spacial score (nSPS) is 12.4. The summed E-state index contributed by atoms with van der Waals surface area (Å²) in [6, 6.07) is 8.17. The van der Waals surface area contributed by atoms with Gasteiger partial charge >= 0.3 is 0 Å². The third-order valence-electron chi connectivity index (χ3n) is 2.36. The van der Waals surface area contributed by atoms with Crippen molar-refractivity contribution in [2.75, 3.05) is 5.32 Å². The van der Waals surface area contributed by atoms with Crippen LogP contribution in [-0.4, -0.2) is 9.59 Å². The number of nitrogens with zero attached hydrogens (tertiary/aromatic N) is 2. The standard InChI is InChI=1S/C11H12ClN3S/c1-2-10(14-11-7-13-15-16-11)8-3-5-9(12)6-4-8/h3-7,10,14H,2H2,1H3. The number of aromatic nitrogens is 2. The summed E-state index contributed by atoms with van der Waals surface area (Å²) < 4.78 is 3.83. The minimum atomic E-state index is 0.277. The highest BCUT2D eigenvalue weighted by molar-refractivity contribution is 7.09. The maximum atomic E-state index is 5.86. The summed E-state index contributed by atoms with van der Waals surface area (Å²) in [6.07, 6.45) is 2.74. The van der Waals surface area contributed by atoms with Crippen molar-refractivity contribution in [3.8, 4) is 0 Å². The molecule has 1 unspecified atom stereocenters. The molecule has 2 rings (SSSR count). The molecule has 0 saturated carbocycles. The molecule has 0 radical (unpaired) electrons. The Kier molecular flexibility index (Phi) is 3.74. The van der Waals surface area contributed by atoms with Gasteiger partial charge in [0.05, 0.1) is 12.2 Å². The molecule has 1 aromatic heterocycles. The molecule has 0 aliphatic rings. The number of rotatable bonds is 4. The van der Waals surface area contributed by atoms with Crippen LogP contribution in [0.1, 0.15) is 24.9 Å². The molecular weight excluding hydrogens is 242 g/mol. The van der Waals surface area contributed by atoms with Crippen LogP contribution in [0, 0.1) is 0 Å². The highest BCUT2D eigenvalue weighted by Gasteiger charge is 2.09. The summed E-state index contributed by atoms with van der Waals surface area (Å²) >= 11 is 7.23. The maximum absolute atomic E-state index is 5.86. The summed E-state index contributed by atoms with van der Waals surface area (Å²) in [6.45, 7) is 2.14. The fourth-order valence-electron chi connectivity index (χ4n) is 1.52. The fourth-order valence-corrected chi connectivity index (χ4v) is 2.12. The minimum Gasteiger partial charge on any atom is -0.368 e. The van der Waals surface area contributed by atoms with Crippen LogP contribution in [0.5, 0.6) is 0 Å². The lowest BCUT2D eigenvalue weighted by molar-refractivity contribution is 0.751. The van der Waals surface area contributed by atoms with E-state index < -0.39 is 0 Å². The van der Waals surface area contributed by atoms with Gasteiger partial charge in [0.15, 0.2) is 0 Å². The van der Waals surface area contributed by atoms with Crippen molar-refractivity contribution in [1.82, 2.24) is 9.59 Å². The molecule has 2 aromatic rings. The predicted octanol–water partition coefficient (Wildman–Crippen LogP) is 3.75. The quantitative estimate of drug-likeness (QED) is 0.902. The van der Waals surface area contributed by atoms with Crippen molar-refractivity contribution in [3.05, 3.63) is 41.0 Å². The van der Waals surface area contributed by atoms with Crippen LogP contribution in [0.2, 0.25) is 5.02 Å². The zero-order chi connectivity index (χ0) is 11.4. The van der Waals surface area contributed by atoms with Gasteiger partial charge in [-0.25, -0.2) is 0 Å². The first-order valence-corrected chi connectivity index (χ1v) is 6.24. The number of halogens is 1. The van der Waals surface area contributed by atoms with E-state index in [4.69, 9.17) is 11.6 Å². The van der Waals surface area contributed by atoms with Crippen LogP contribution >= 0.6 is 23.1 Å². The molecule has 0 aliphatic carbocycles. The van der Waals surface area contributed by atoms with E-state index in [0.717, 1.165) is 16.4 Å². The maximum Gasteiger partial charge on any atom is 0.130 e. The number of anilines is 1. The highest BCUT2D eigenvalue weighted by atomic mass is 35.5. The second kappa shape index (κ2) is 5.27. The topological polar surface area (TPSA) is 37.8 Å². The lowest BCUT2D eigenvalue weighted by Gasteiger charge is -2.16. The van der Waals surface area contributed by atoms with E-state index in [1.165, 1.54) is 17.1 Å². The van der Waals surface area contributed by atoms with Gasteiger partial charge in [-0.15, -0.1) is 5.10 Å². The Morgan fingerprint density at radius 3 is 2.69 bits per heavy atom. The Morgan fingerprint density at radius 1 is 1.38 bits per heavy atom. The summed E-state index contributed by atoms with van der Waals surface area (Å²) in [5.41, 5.74) is 1.22. The Bertz CT molecular complexity index is 427. The zero-order valence-corrected chi connectivity index (χ0v) is 10.4. The van der Waals surface area contributed by atoms with Crippen molar-refractivity contribution >= 4 is 28.1 Å². The largest absolute Gasteiger partial charge is 0.368 e. The number of hydrogen-bond donors (Lipinski definition) is 1. The molecule has 0 bridgehead atoms. The molecule has 0 fully saturated rings. The Balaban J connectivity index is 2.13. The Morgan fingerprint density at radius 2 is 2.12 bits per heavy atom. The van der Waals surface area contributed by atoms with Gasteiger partial charge in [-0.3, -0.25) is 0 Å². The SMILES string of the molecule is CCC(Nc1cnns1)c1ccc(Cl)cc1. The van der Waals surface area contributed by atoms with Crippen molar-refractivity contribution < 1.29 is 0 Å². The van der Waals surface area contributed by atoms with E-state index >= 15 is 0 Å². The van der Waals surface area contributed by atoms with Gasteiger partial charge < -0.3 is 5.32 Å². The van der Waals surface area contributed by atoms with E-state index in [1.54, 1.807) is 6.20 Å². The summed E-state index contributed by atoms with van der Waals surface area (Å²) in [4.78, 5) is 0. The molecule has 1 atom stereocenters. The molecule has 1 heterocycles. The summed E-state index contributed by atoms with van der Waals surface area (Å²) in [7, 11) is 0. The molecule has 84 valence electrons. The molecule has 0 amide bonds. The minimum absolute atomic E-state index is 0.277. The lowest BCUT2D eigenvalue weighted by Crippen LogP contribution is -2.08. The Labute approximate surface area is 104 Å².